The minimum atomic E-state index is -0.746. The van der Waals surface area contributed by atoms with Crippen LogP contribution in [0.25, 0.3) is 0 Å². The molecule has 31 heavy (non-hydrogen) atoms. The lowest BCUT2D eigenvalue weighted by atomic mass is 10.1. The lowest BCUT2D eigenvalue weighted by Crippen LogP contribution is -2.41. The number of carbonyl (C=O) groups excluding carboxylic acids is 1. The number of benzene rings is 2. The first-order valence-corrected chi connectivity index (χ1v) is 9.86. The molecule has 1 aliphatic rings. The van der Waals surface area contributed by atoms with Gasteiger partial charge >= 0.3 is 0 Å². The van der Waals surface area contributed by atoms with Gasteiger partial charge in [-0.15, -0.1) is 0 Å². The molecule has 2 aromatic carbocycles. The molecule has 0 bridgehead atoms. The summed E-state index contributed by atoms with van der Waals surface area (Å²) < 4.78 is 56.4. The molecule has 1 aliphatic heterocycles. The first-order chi connectivity index (χ1) is 15.0. The largest absolute Gasteiger partial charge is 0.487 e. The molecule has 8 heteroatoms. The number of ether oxygens (including phenoxy) is 2. The third kappa shape index (κ3) is 5.20. The Morgan fingerprint density at radius 2 is 1.68 bits per heavy atom. The summed E-state index contributed by atoms with van der Waals surface area (Å²) in [5.74, 6) is -0.849. The normalized spacial score (nSPS) is 14.5. The molecule has 5 nitrogen and oxygen atoms in total. The highest BCUT2D eigenvalue weighted by Gasteiger charge is 2.27. The van der Waals surface area contributed by atoms with Crippen LogP contribution in [-0.2, 0) is 6.61 Å². The minimum absolute atomic E-state index is 0.00278. The summed E-state index contributed by atoms with van der Waals surface area (Å²) in [4.78, 5) is 14.3. The van der Waals surface area contributed by atoms with Crippen molar-refractivity contribution >= 4 is 5.91 Å². The highest BCUT2D eigenvalue weighted by Crippen LogP contribution is 2.24. The predicted octanol–water partition coefficient (Wildman–Crippen LogP) is 4.96. The van der Waals surface area contributed by atoms with Crippen molar-refractivity contribution < 1.29 is 31.9 Å². The number of carbonyl (C=O) groups is 1. The van der Waals surface area contributed by atoms with Crippen LogP contribution in [0.15, 0.2) is 59.0 Å². The Labute approximate surface area is 177 Å². The van der Waals surface area contributed by atoms with Gasteiger partial charge in [-0.2, -0.15) is 0 Å². The minimum Gasteiger partial charge on any atom is -0.487 e. The second kappa shape index (κ2) is 9.16. The van der Waals surface area contributed by atoms with E-state index in [0.29, 0.717) is 37.4 Å². The molecule has 1 aromatic heterocycles. The summed E-state index contributed by atoms with van der Waals surface area (Å²) >= 11 is 0. The first kappa shape index (κ1) is 20.8. The number of hydrogen-bond donors (Lipinski definition) is 0. The van der Waals surface area contributed by atoms with Gasteiger partial charge in [-0.3, -0.25) is 4.79 Å². The molecule has 0 N–H and O–H groups in total. The third-order valence-electron chi connectivity index (χ3n) is 4.98. The maximum Gasteiger partial charge on any atom is 0.289 e. The number of furan rings is 1. The molecule has 4 rings (SSSR count). The fraction of sp³-hybridized carbons (Fsp3) is 0.261. The molecule has 3 aromatic rings. The van der Waals surface area contributed by atoms with E-state index in [1.54, 1.807) is 17.0 Å². The van der Waals surface area contributed by atoms with Gasteiger partial charge in [0.1, 0.15) is 35.9 Å². The molecule has 1 saturated heterocycles. The van der Waals surface area contributed by atoms with Gasteiger partial charge in [0.05, 0.1) is 0 Å². The van der Waals surface area contributed by atoms with E-state index in [1.807, 2.05) is 0 Å². The van der Waals surface area contributed by atoms with Crippen molar-refractivity contribution in [3.8, 4) is 11.5 Å². The molecule has 0 saturated carbocycles. The number of likely N-dealkylation sites (tertiary alicyclic amines) is 1. The Balaban J connectivity index is 1.28. The van der Waals surface area contributed by atoms with Crippen molar-refractivity contribution in [2.45, 2.75) is 25.6 Å². The van der Waals surface area contributed by atoms with Gasteiger partial charge < -0.3 is 18.8 Å². The van der Waals surface area contributed by atoms with Gasteiger partial charge in [-0.05, 0) is 48.5 Å². The maximum absolute atomic E-state index is 13.8. The summed E-state index contributed by atoms with van der Waals surface area (Å²) in [6.07, 6.45) is 0.772. The van der Waals surface area contributed by atoms with Crippen molar-refractivity contribution in [1.29, 1.82) is 0 Å². The third-order valence-corrected chi connectivity index (χ3v) is 4.98. The fourth-order valence-corrected chi connectivity index (χ4v) is 3.34. The number of amides is 1. The molecule has 0 unspecified atom stereocenters. The smallest absolute Gasteiger partial charge is 0.289 e. The molecular formula is C23H20F3NO4. The maximum atomic E-state index is 13.8. The van der Waals surface area contributed by atoms with E-state index >= 15 is 0 Å². The van der Waals surface area contributed by atoms with E-state index in [4.69, 9.17) is 13.9 Å². The van der Waals surface area contributed by atoms with Gasteiger partial charge in [0.2, 0.25) is 0 Å². The number of halogens is 3. The lowest BCUT2D eigenvalue weighted by Gasteiger charge is -2.31. The van der Waals surface area contributed by atoms with Crippen LogP contribution in [-0.4, -0.2) is 30.0 Å². The number of hydrogen-bond acceptors (Lipinski definition) is 4. The van der Waals surface area contributed by atoms with Crippen LogP contribution in [0.4, 0.5) is 13.2 Å². The standard InChI is InChI=1S/C23H20F3NO4/c24-15-1-4-17(5-2-15)29-14-19-6-8-22(31-19)23(28)27-11-9-18(10-12-27)30-21-7-3-16(25)13-20(21)26/h1-8,13,18H,9-12,14H2. The van der Waals surface area contributed by atoms with Gasteiger partial charge in [0.15, 0.2) is 17.3 Å². The summed E-state index contributed by atoms with van der Waals surface area (Å²) in [5, 5.41) is 0. The number of piperidine rings is 1. The number of nitrogens with zero attached hydrogens (tertiary/aromatic N) is 1. The fourth-order valence-electron chi connectivity index (χ4n) is 3.34. The summed E-state index contributed by atoms with van der Waals surface area (Å²) in [6, 6.07) is 12.0. The lowest BCUT2D eigenvalue weighted by molar-refractivity contribution is 0.0556. The molecule has 1 amide bonds. The van der Waals surface area contributed by atoms with E-state index in [0.717, 1.165) is 12.1 Å². The van der Waals surface area contributed by atoms with E-state index in [-0.39, 0.29) is 35.9 Å². The summed E-state index contributed by atoms with van der Waals surface area (Å²) in [5.41, 5.74) is 0. The van der Waals surface area contributed by atoms with Crippen LogP contribution in [0.2, 0.25) is 0 Å². The predicted molar refractivity (Wildman–Crippen MR) is 105 cm³/mol. The molecule has 0 radical (unpaired) electrons. The Bertz CT molecular complexity index is 1040. The van der Waals surface area contributed by atoms with Gasteiger partial charge in [0.25, 0.3) is 5.91 Å². The van der Waals surface area contributed by atoms with Crippen LogP contribution < -0.4 is 9.47 Å². The summed E-state index contributed by atoms with van der Waals surface area (Å²) in [7, 11) is 0. The quantitative estimate of drug-likeness (QED) is 0.554. The molecule has 0 spiro atoms. The van der Waals surface area contributed by atoms with Crippen LogP contribution in [0.3, 0.4) is 0 Å². The zero-order valence-corrected chi connectivity index (χ0v) is 16.5. The Morgan fingerprint density at radius 3 is 2.39 bits per heavy atom. The Kier molecular flexibility index (Phi) is 6.16. The van der Waals surface area contributed by atoms with Crippen molar-refractivity contribution in [2.75, 3.05) is 13.1 Å². The topological polar surface area (TPSA) is 51.9 Å². The highest BCUT2D eigenvalue weighted by molar-refractivity contribution is 5.91. The van der Waals surface area contributed by atoms with Gasteiger partial charge in [0, 0.05) is 32.0 Å². The zero-order valence-electron chi connectivity index (χ0n) is 16.5. The van der Waals surface area contributed by atoms with E-state index < -0.39 is 11.6 Å². The van der Waals surface area contributed by atoms with Crippen LogP contribution in [0, 0.1) is 17.5 Å². The Morgan fingerprint density at radius 1 is 0.968 bits per heavy atom. The van der Waals surface area contributed by atoms with E-state index in [1.165, 1.54) is 30.3 Å². The SMILES string of the molecule is O=C(c1ccc(COc2ccc(F)cc2)o1)N1CCC(Oc2ccc(F)cc2F)CC1. The molecular weight excluding hydrogens is 411 g/mol. The van der Waals surface area contributed by atoms with Crippen LogP contribution in [0.5, 0.6) is 11.5 Å². The highest BCUT2D eigenvalue weighted by atomic mass is 19.1. The summed E-state index contributed by atoms with van der Waals surface area (Å²) in [6.45, 7) is 0.959. The van der Waals surface area contributed by atoms with Crippen LogP contribution >= 0.6 is 0 Å². The van der Waals surface area contributed by atoms with Crippen molar-refractivity contribution in [3.63, 3.8) is 0 Å². The van der Waals surface area contributed by atoms with Crippen LogP contribution in [0.1, 0.15) is 29.2 Å². The van der Waals surface area contributed by atoms with Gasteiger partial charge in [-0.1, -0.05) is 0 Å². The second-order valence-corrected chi connectivity index (χ2v) is 7.19. The Hall–Kier alpha value is -3.42. The molecule has 162 valence electrons. The van der Waals surface area contributed by atoms with Crippen molar-refractivity contribution in [1.82, 2.24) is 4.90 Å². The van der Waals surface area contributed by atoms with Crippen molar-refractivity contribution in [3.05, 3.63) is 83.6 Å². The molecule has 0 atom stereocenters. The molecule has 1 fully saturated rings. The van der Waals surface area contributed by atoms with E-state index in [2.05, 4.69) is 0 Å². The average Bonchev–Trinajstić information content (AvgIpc) is 3.24. The monoisotopic (exact) mass is 431 g/mol. The van der Waals surface area contributed by atoms with E-state index in [9.17, 15) is 18.0 Å². The second-order valence-electron chi connectivity index (χ2n) is 7.19. The molecule has 2 heterocycles. The zero-order chi connectivity index (χ0) is 21.8. The van der Waals surface area contributed by atoms with Crippen molar-refractivity contribution in [2.24, 2.45) is 0 Å². The van der Waals surface area contributed by atoms with Gasteiger partial charge in [-0.25, -0.2) is 13.2 Å². The molecule has 0 aliphatic carbocycles. The average molecular weight is 431 g/mol. The number of rotatable bonds is 6. The first-order valence-electron chi connectivity index (χ1n) is 9.86.